The normalized spacial score (nSPS) is 11.5. The third-order valence-electron chi connectivity index (χ3n) is 3.41. The number of nitrogens with zero attached hydrogens (tertiary/aromatic N) is 2. The number of nitrogens with one attached hydrogen (secondary N) is 2. The third-order valence-corrected chi connectivity index (χ3v) is 4.67. The molecule has 11 heteroatoms. The number of rotatable bonds is 5. The smallest absolute Gasteiger partial charge is 0.362 e. The summed E-state index contributed by atoms with van der Waals surface area (Å²) in [6, 6.07) is 4.92. The number of anilines is 1. The van der Waals surface area contributed by atoms with Crippen LogP contribution in [0.25, 0.3) is 0 Å². The molecule has 0 unspecified atom stereocenters. The van der Waals surface area contributed by atoms with Crippen molar-refractivity contribution in [3.05, 3.63) is 44.7 Å². The minimum atomic E-state index is -4.58. The van der Waals surface area contributed by atoms with Crippen molar-refractivity contribution in [2.75, 3.05) is 11.9 Å². The van der Waals surface area contributed by atoms with E-state index in [-0.39, 0.29) is 17.3 Å². The molecule has 0 aliphatic rings. The van der Waals surface area contributed by atoms with E-state index in [1.54, 1.807) is 18.2 Å². The summed E-state index contributed by atoms with van der Waals surface area (Å²) in [7, 11) is 0. The summed E-state index contributed by atoms with van der Waals surface area (Å²) < 4.78 is 39.6. The molecular weight excluding hydrogens is 432 g/mol. The van der Waals surface area contributed by atoms with Crippen LogP contribution in [0.4, 0.5) is 18.9 Å². The molecule has 1 aromatic heterocycles. The van der Waals surface area contributed by atoms with Crippen LogP contribution in [0.1, 0.15) is 17.8 Å². The van der Waals surface area contributed by atoms with Gasteiger partial charge in [-0.15, -0.1) is 0 Å². The maximum atomic E-state index is 12.8. The molecule has 0 atom stereocenters. The zero-order chi connectivity index (χ0) is 19.5. The Morgan fingerprint density at radius 2 is 1.96 bits per heavy atom. The van der Waals surface area contributed by atoms with E-state index in [4.69, 9.17) is 47.0 Å². The standard InChI is InChI=1S/C15H14Cl3F3N4S/c1-8-12(18)13(15(19,20)21)24-25(8)6-2-5-22-14(26)23-11-7-9(16)3-4-10(11)17/h3-4,7H,2,5-6H2,1H3,(H2,22,23,26). The molecule has 2 rings (SSSR count). The minimum absolute atomic E-state index is 0.259. The van der Waals surface area contributed by atoms with E-state index < -0.39 is 11.9 Å². The van der Waals surface area contributed by atoms with Gasteiger partial charge in [0.15, 0.2) is 10.8 Å². The molecule has 2 N–H and O–H groups in total. The van der Waals surface area contributed by atoms with E-state index in [1.807, 2.05) is 0 Å². The topological polar surface area (TPSA) is 41.9 Å². The Hall–Kier alpha value is -1.22. The van der Waals surface area contributed by atoms with Crippen molar-refractivity contribution in [2.24, 2.45) is 0 Å². The Bertz CT molecular complexity index is 808. The number of halogens is 6. The second kappa shape index (κ2) is 8.65. The average molecular weight is 446 g/mol. The molecule has 2 aromatic rings. The zero-order valence-electron chi connectivity index (χ0n) is 13.4. The van der Waals surface area contributed by atoms with E-state index in [9.17, 15) is 13.2 Å². The van der Waals surface area contributed by atoms with Gasteiger partial charge in [0.25, 0.3) is 0 Å². The van der Waals surface area contributed by atoms with Crippen molar-refractivity contribution in [3.63, 3.8) is 0 Å². The van der Waals surface area contributed by atoms with Crippen LogP contribution >= 0.6 is 47.0 Å². The van der Waals surface area contributed by atoms with Gasteiger partial charge >= 0.3 is 6.18 Å². The molecule has 1 aromatic carbocycles. The molecule has 142 valence electrons. The number of hydrogen-bond acceptors (Lipinski definition) is 2. The van der Waals surface area contributed by atoms with Gasteiger partial charge in [0.1, 0.15) is 0 Å². The lowest BCUT2D eigenvalue weighted by molar-refractivity contribution is -0.141. The van der Waals surface area contributed by atoms with Gasteiger partial charge in [0.05, 0.1) is 21.4 Å². The quantitative estimate of drug-likeness (QED) is 0.468. The predicted octanol–water partition coefficient (Wildman–Crippen LogP) is 5.55. The van der Waals surface area contributed by atoms with Gasteiger partial charge in [0.2, 0.25) is 0 Å². The Balaban J connectivity index is 1.85. The molecule has 0 bridgehead atoms. The summed E-state index contributed by atoms with van der Waals surface area (Å²) in [5.74, 6) is 0. The number of thiocarbonyl (C=S) groups is 1. The van der Waals surface area contributed by atoms with Crippen LogP contribution in [-0.4, -0.2) is 21.4 Å². The second-order valence-electron chi connectivity index (χ2n) is 5.33. The molecule has 0 saturated heterocycles. The van der Waals surface area contributed by atoms with Gasteiger partial charge in [-0.05, 0) is 43.8 Å². The highest BCUT2D eigenvalue weighted by molar-refractivity contribution is 7.80. The van der Waals surface area contributed by atoms with Crippen molar-refractivity contribution in [2.45, 2.75) is 26.1 Å². The zero-order valence-corrected chi connectivity index (χ0v) is 16.5. The van der Waals surface area contributed by atoms with Crippen molar-refractivity contribution < 1.29 is 13.2 Å². The maximum absolute atomic E-state index is 12.8. The molecule has 0 radical (unpaired) electrons. The lowest BCUT2D eigenvalue weighted by Crippen LogP contribution is -2.30. The molecule has 0 spiro atoms. The fourth-order valence-electron chi connectivity index (χ4n) is 2.11. The van der Waals surface area contributed by atoms with E-state index in [2.05, 4.69) is 15.7 Å². The fraction of sp³-hybridized carbons (Fsp3) is 0.333. The van der Waals surface area contributed by atoms with Gasteiger partial charge < -0.3 is 10.6 Å². The Labute approximate surface area is 168 Å². The first-order chi connectivity index (χ1) is 12.1. The predicted molar refractivity (Wildman–Crippen MR) is 102 cm³/mol. The molecule has 0 saturated carbocycles. The first kappa shape index (κ1) is 21.1. The number of hydrogen-bond donors (Lipinski definition) is 2. The summed E-state index contributed by atoms with van der Waals surface area (Å²) in [6.45, 7) is 2.17. The molecule has 0 amide bonds. The highest BCUT2D eigenvalue weighted by Gasteiger charge is 2.38. The Kier molecular flexibility index (Phi) is 7.01. The highest BCUT2D eigenvalue weighted by Crippen LogP contribution is 2.35. The van der Waals surface area contributed by atoms with Crippen LogP contribution in [0.15, 0.2) is 18.2 Å². The number of aromatic nitrogens is 2. The van der Waals surface area contributed by atoms with Crippen LogP contribution in [0.5, 0.6) is 0 Å². The molecule has 4 nitrogen and oxygen atoms in total. The summed E-state index contributed by atoms with van der Waals surface area (Å²) >= 11 is 22.8. The van der Waals surface area contributed by atoms with Crippen LogP contribution < -0.4 is 10.6 Å². The SMILES string of the molecule is Cc1c(Cl)c(C(F)(F)F)nn1CCCNC(=S)Nc1cc(Cl)ccc1Cl. The molecule has 26 heavy (non-hydrogen) atoms. The van der Waals surface area contributed by atoms with Gasteiger partial charge in [-0.2, -0.15) is 18.3 Å². The summed E-state index contributed by atoms with van der Waals surface area (Å²) in [6.07, 6.45) is -4.09. The lowest BCUT2D eigenvalue weighted by Gasteiger charge is -2.12. The molecular formula is C15H14Cl3F3N4S. The molecule has 0 aliphatic heterocycles. The van der Waals surface area contributed by atoms with Crippen molar-refractivity contribution in [1.29, 1.82) is 0 Å². The van der Waals surface area contributed by atoms with E-state index >= 15 is 0 Å². The summed E-state index contributed by atoms with van der Waals surface area (Å²) in [5, 5.41) is 10.3. The van der Waals surface area contributed by atoms with Crippen molar-refractivity contribution in [1.82, 2.24) is 15.1 Å². The average Bonchev–Trinajstić information content (AvgIpc) is 2.83. The molecule has 0 fully saturated rings. The van der Waals surface area contributed by atoms with Crippen LogP contribution in [0.3, 0.4) is 0 Å². The van der Waals surface area contributed by atoms with Crippen molar-refractivity contribution in [3.8, 4) is 0 Å². The lowest BCUT2D eigenvalue weighted by atomic mass is 10.3. The maximum Gasteiger partial charge on any atom is 0.436 e. The minimum Gasteiger partial charge on any atom is -0.362 e. The van der Waals surface area contributed by atoms with Crippen molar-refractivity contribution >= 4 is 57.8 Å². The number of benzene rings is 1. The Morgan fingerprint density at radius 3 is 2.58 bits per heavy atom. The van der Waals surface area contributed by atoms with Crippen LogP contribution in [0.2, 0.25) is 15.1 Å². The summed E-state index contributed by atoms with van der Waals surface area (Å²) in [4.78, 5) is 0. The van der Waals surface area contributed by atoms with E-state index in [1.165, 1.54) is 11.6 Å². The van der Waals surface area contributed by atoms with E-state index in [0.717, 1.165) is 0 Å². The Morgan fingerprint density at radius 1 is 1.27 bits per heavy atom. The first-order valence-electron chi connectivity index (χ1n) is 7.39. The monoisotopic (exact) mass is 444 g/mol. The van der Waals surface area contributed by atoms with Crippen LogP contribution in [-0.2, 0) is 12.7 Å². The van der Waals surface area contributed by atoms with Gasteiger partial charge in [-0.3, -0.25) is 4.68 Å². The van der Waals surface area contributed by atoms with Gasteiger partial charge in [0, 0.05) is 18.1 Å². The van der Waals surface area contributed by atoms with E-state index in [0.29, 0.717) is 33.8 Å². The second-order valence-corrected chi connectivity index (χ2v) is 6.96. The molecule has 1 heterocycles. The number of aryl methyl sites for hydroxylation is 1. The fourth-order valence-corrected chi connectivity index (χ4v) is 2.91. The largest absolute Gasteiger partial charge is 0.436 e. The van der Waals surface area contributed by atoms with Gasteiger partial charge in [-0.25, -0.2) is 0 Å². The third kappa shape index (κ3) is 5.39. The highest BCUT2D eigenvalue weighted by atomic mass is 35.5. The number of alkyl halides is 3. The van der Waals surface area contributed by atoms with Gasteiger partial charge in [-0.1, -0.05) is 34.8 Å². The van der Waals surface area contributed by atoms with Crippen LogP contribution in [0, 0.1) is 6.92 Å². The summed E-state index contributed by atoms with van der Waals surface area (Å²) in [5.41, 5.74) is -0.246. The molecule has 0 aliphatic carbocycles. The first-order valence-corrected chi connectivity index (χ1v) is 8.94.